The van der Waals surface area contributed by atoms with Crippen molar-refractivity contribution in [3.8, 4) is 17.0 Å². The van der Waals surface area contributed by atoms with Gasteiger partial charge in [-0.25, -0.2) is 14.5 Å². The van der Waals surface area contributed by atoms with E-state index >= 15 is 0 Å². The highest BCUT2D eigenvalue weighted by atomic mass is 16.5. The first kappa shape index (κ1) is 27.3. The molecule has 0 unspecified atom stereocenters. The maximum Gasteiger partial charge on any atom is 0.247 e. The molecular formula is C31H35N9O2. The Balaban J connectivity index is 1.39. The molecule has 5 aromatic rings. The van der Waals surface area contributed by atoms with Crippen molar-refractivity contribution >= 4 is 45.5 Å². The lowest BCUT2D eigenvalue weighted by atomic mass is 10.1. The SMILES string of the molecule is C=CC(=O)Nc1cc(Nc2ncc3c(C)cc(-c4cnc5c(c4)cc(C)n5C)n3n2)c(OC)cc1N1CCN(C)CC1. The lowest BCUT2D eigenvalue weighted by Gasteiger charge is -2.35. The molecule has 42 heavy (non-hydrogen) atoms. The molecule has 0 atom stereocenters. The number of amides is 1. The van der Waals surface area contributed by atoms with Crippen LogP contribution in [0.2, 0.25) is 0 Å². The third-order valence-electron chi connectivity index (χ3n) is 7.97. The molecule has 4 aromatic heterocycles. The lowest BCUT2D eigenvalue weighted by molar-refractivity contribution is -0.111. The number of carbonyl (C=O) groups is 1. The average molecular weight is 566 g/mol. The van der Waals surface area contributed by atoms with Gasteiger partial charge < -0.3 is 29.7 Å². The number of nitrogens with zero attached hydrogens (tertiary/aromatic N) is 7. The molecule has 11 heteroatoms. The highest BCUT2D eigenvalue weighted by molar-refractivity contribution is 6.02. The summed E-state index contributed by atoms with van der Waals surface area (Å²) >= 11 is 0. The van der Waals surface area contributed by atoms with E-state index in [9.17, 15) is 4.79 Å². The number of likely N-dealkylation sites (N-methyl/N-ethyl adjacent to an activating group) is 1. The molecular weight excluding hydrogens is 530 g/mol. The van der Waals surface area contributed by atoms with Crippen molar-refractivity contribution in [3.05, 3.63) is 66.6 Å². The molecule has 2 N–H and O–H groups in total. The van der Waals surface area contributed by atoms with E-state index < -0.39 is 0 Å². The van der Waals surface area contributed by atoms with Gasteiger partial charge in [0.2, 0.25) is 11.9 Å². The van der Waals surface area contributed by atoms with Gasteiger partial charge in [0.05, 0.1) is 41.6 Å². The molecule has 1 amide bonds. The number of pyridine rings is 1. The Morgan fingerprint density at radius 2 is 1.79 bits per heavy atom. The Hall–Kier alpha value is -4.90. The zero-order chi connectivity index (χ0) is 29.5. The first-order valence-corrected chi connectivity index (χ1v) is 13.9. The second kappa shape index (κ2) is 10.8. The van der Waals surface area contributed by atoms with Gasteiger partial charge in [-0.3, -0.25) is 4.79 Å². The van der Waals surface area contributed by atoms with Crippen LogP contribution < -0.4 is 20.3 Å². The normalized spacial score (nSPS) is 14.0. The van der Waals surface area contributed by atoms with Crippen LogP contribution in [0.1, 0.15) is 11.3 Å². The Morgan fingerprint density at radius 1 is 1.00 bits per heavy atom. The number of aromatic nitrogens is 5. The fraction of sp³-hybridized carbons (Fsp3) is 0.290. The van der Waals surface area contributed by atoms with Crippen LogP contribution in [-0.2, 0) is 11.8 Å². The van der Waals surface area contributed by atoms with Crippen LogP contribution in [0.5, 0.6) is 5.75 Å². The Bertz CT molecular complexity index is 1830. The van der Waals surface area contributed by atoms with E-state index in [-0.39, 0.29) is 5.91 Å². The molecule has 1 aliphatic rings. The number of methoxy groups -OCH3 is 1. The molecule has 0 saturated carbocycles. The van der Waals surface area contributed by atoms with Gasteiger partial charge in [0.25, 0.3) is 0 Å². The zero-order valence-corrected chi connectivity index (χ0v) is 24.6. The number of aryl methyl sites for hydroxylation is 3. The number of fused-ring (bicyclic) bond motifs is 2. The predicted molar refractivity (Wildman–Crippen MR) is 167 cm³/mol. The van der Waals surface area contributed by atoms with Gasteiger partial charge in [0.1, 0.15) is 11.4 Å². The number of carbonyl (C=O) groups excluding carboxylic acids is 1. The maximum absolute atomic E-state index is 12.4. The summed E-state index contributed by atoms with van der Waals surface area (Å²) in [4.78, 5) is 26.2. The highest BCUT2D eigenvalue weighted by Crippen LogP contribution is 2.39. The van der Waals surface area contributed by atoms with E-state index in [1.807, 2.05) is 36.8 Å². The molecule has 0 spiro atoms. The fourth-order valence-electron chi connectivity index (χ4n) is 5.45. The van der Waals surface area contributed by atoms with Crippen LogP contribution in [0.4, 0.5) is 23.0 Å². The predicted octanol–water partition coefficient (Wildman–Crippen LogP) is 4.53. The third-order valence-corrected chi connectivity index (χ3v) is 7.97. The summed E-state index contributed by atoms with van der Waals surface area (Å²) in [5.74, 6) is 0.712. The molecule has 1 saturated heterocycles. The smallest absolute Gasteiger partial charge is 0.247 e. The molecule has 1 aromatic carbocycles. The molecule has 6 rings (SSSR count). The van der Waals surface area contributed by atoms with Gasteiger partial charge in [0, 0.05) is 62.1 Å². The Morgan fingerprint density at radius 3 is 2.52 bits per heavy atom. The standard InChI is InChI=1S/C31H35N9O2/c1-7-29(41)34-23-15-24(28(42-6)16-26(23)39-10-8-37(4)9-11-39)35-31-33-18-27-19(2)12-25(40(27)36-31)22-14-21-13-20(3)38(5)30(21)32-17-22/h7,12-18H,1,8-11H2,2-6H3,(H,34,41)(H,35,36). The molecule has 0 radical (unpaired) electrons. The van der Waals surface area contributed by atoms with Gasteiger partial charge in [-0.15, -0.1) is 5.10 Å². The first-order valence-electron chi connectivity index (χ1n) is 13.9. The monoisotopic (exact) mass is 565 g/mol. The summed E-state index contributed by atoms with van der Waals surface area (Å²) in [6.07, 6.45) is 4.95. The molecule has 0 bridgehead atoms. The van der Waals surface area contributed by atoms with Gasteiger partial charge >= 0.3 is 0 Å². The molecule has 11 nitrogen and oxygen atoms in total. The van der Waals surface area contributed by atoms with E-state index in [1.165, 1.54) is 6.08 Å². The molecule has 1 aliphatic heterocycles. The number of benzene rings is 1. The quantitative estimate of drug-likeness (QED) is 0.278. The number of rotatable bonds is 7. The highest BCUT2D eigenvalue weighted by Gasteiger charge is 2.21. The number of anilines is 4. The van der Waals surface area contributed by atoms with Crippen molar-refractivity contribution in [2.75, 3.05) is 55.9 Å². The van der Waals surface area contributed by atoms with Crippen LogP contribution in [0, 0.1) is 13.8 Å². The average Bonchev–Trinajstić information content (AvgIpc) is 3.47. The fourth-order valence-corrected chi connectivity index (χ4v) is 5.45. The topological polar surface area (TPSA) is 105 Å². The number of nitrogens with one attached hydrogen (secondary N) is 2. The van der Waals surface area contributed by atoms with Crippen molar-refractivity contribution in [1.82, 2.24) is 29.0 Å². The molecule has 1 fully saturated rings. The van der Waals surface area contributed by atoms with Crippen molar-refractivity contribution in [2.24, 2.45) is 7.05 Å². The minimum absolute atomic E-state index is 0.286. The maximum atomic E-state index is 12.4. The zero-order valence-electron chi connectivity index (χ0n) is 24.6. The van der Waals surface area contributed by atoms with Gasteiger partial charge in [0.15, 0.2) is 0 Å². The number of hydrogen-bond donors (Lipinski definition) is 2. The summed E-state index contributed by atoms with van der Waals surface area (Å²) in [6, 6.07) is 10.2. The Labute approximate surface area is 244 Å². The summed E-state index contributed by atoms with van der Waals surface area (Å²) in [5, 5.41) is 12.2. The van der Waals surface area contributed by atoms with Crippen LogP contribution in [-0.4, -0.2) is 75.3 Å². The first-order chi connectivity index (χ1) is 20.2. The minimum atomic E-state index is -0.286. The second-order valence-electron chi connectivity index (χ2n) is 10.8. The van der Waals surface area contributed by atoms with Gasteiger partial charge in [-0.2, -0.15) is 0 Å². The van der Waals surface area contributed by atoms with E-state index in [0.717, 1.165) is 70.9 Å². The number of ether oxygens (including phenoxy) is 1. The van der Waals surface area contributed by atoms with Crippen LogP contribution >= 0.6 is 0 Å². The minimum Gasteiger partial charge on any atom is -0.494 e. The van der Waals surface area contributed by atoms with Gasteiger partial charge in [-0.1, -0.05) is 6.58 Å². The largest absolute Gasteiger partial charge is 0.494 e. The number of piperazine rings is 1. The van der Waals surface area contributed by atoms with E-state index in [0.29, 0.717) is 23.1 Å². The van der Waals surface area contributed by atoms with E-state index in [4.69, 9.17) is 14.8 Å². The van der Waals surface area contributed by atoms with Crippen molar-refractivity contribution in [3.63, 3.8) is 0 Å². The van der Waals surface area contributed by atoms with Crippen LogP contribution in [0.3, 0.4) is 0 Å². The van der Waals surface area contributed by atoms with E-state index in [1.54, 1.807) is 13.3 Å². The second-order valence-corrected chi connectivity index (χ2v) is 10.8. The number of hydrogen-bond acceptors (Lipinski definition) is 8. The molecule has 5 heterocycles. The van der Waals surface area contributed by atoms with Crippen molar-refractivity contribution in [2.45, 2.75) is 13.8 Å². The Kier molecular flexibility index (Phi) is 7.03. The van der Waals surface area contributed by atoms with Crippen molar-refractivity contribution in [1.29, 1.82) is 0 Å². The van der Waals surface area contributed by atoms with Crippen molar-refractivity contribution < 1.29 is 9.53 Å². The molecule has 0 aliphatic carbocycles. The summed E-state index contributed by atoms with van der Waals surface area (Å²) < 4.78 is 9.75. The van der Waals surface area contributed by atoms with Crippen LogP contribution in [0.15, 0.2) is 55.4 Å². The van der Waals surface area contributed by atoms with Crippen LogP contribution in [0.25, 0.3) is 27.8 Å². The summed E-state index contributed by atoms with van der Waals surface area (Å²) in [5.41, 5.74) is 8.10. The lowest BCUT2D eigenvalue weighted by Crippen LogP contribution is -2.44. The summed E-state index contributed by atoms with van der Waals surface area (Å²) in [7, 11) is 5.76. The summed E-state index contributed by atoms with van der Waals surface area (Å²) in [6.45, 7) is 11.3. The van der Waals surface area contributed by atoms with Gasteiger partial charge in [-0.05, 0) is 56.8 Å². The molecule has 216 valence electrons. The van der Waals surface area contributed by atoms with E-state index in [2.05, 4.69) is 68.7 Å². The third kappa shape index (κ3) is 4.92.